The van der Waals surface area contributed by atoms with Gasteiger partial charge in [-0.15, -0.1) is 0 Å². The predicted octanol–water partition coefficient (Wildman–Crippen LogP) is 4.54. The first-order valence-electron chi connectivity index (χ1n) is 10.6. The number of ether oxygens (including phenoxy) is 3. The summed E-state index contributed by atoms with van der Waals surface area (Å²) in [6.45, 7) is 16.0. The number of benzene rings is 1. The Morgan fingerprint density at radius 3 is 2.17 bits per heavy atom. The first kappa shape index (κ1) is 22.3. The topological polar surface area (TPSA) is 48.0 Å². The van der Waals surface area contributed by atoms with E-state index in [4.69, 9.17) is 14.2 Å². The summed E-state index contributed by atoms with van der Waals surface area (Å²) in [5, 5.41) is 0. The Labute approximate surface area is 175 Å². The lowest BCUT2D eigenvalue weighted by Crippen LogP contribution is -2.64. The fourth-order valence-electron chi connectivity index (χ4n) is 4.68. The fraction of sp³-hybridized carbons (Fsp3) is 0.708. The summed E-state index contributed by atoms with van der Waals surface area (Å²) < 4.78 is 18.0. The van der Waals surface area contributed by atoms with E-state index in [0.717, 1.165) is 12.8 Å². The second-order valence-electron chi connectivity index (χ2n) is 10.9. The second kappa shape index (κ2) is 7.36. The summed E-state index contributed by atoms with van der Waals surface area (Å²) >= 11 is 0. The van der Waals surface area contributed by atoms with Gasteiger partial charge in [0.05, 0.1) is 12.2 Å². The number of carbonyl (C=O) groups excluding carboxylic acids is 1. The van der Waals surface area contributed by atoms with E-state index in [1.54, 1.807) is 0 Å². The van der Waals surface area contributed by atoms with E-state index in [0.29, 0.717) is 12.2 Å². The van der Waals surface area contributed by atoms with Crippen LogP contribution in [0.2, 0.25) is 0 Å². The monoisotopic (exact) mass is 403 g/mol. The molecular weight excluding hydrogens is 366 g/mol. The van der Waals surface area contributed by atoms with E-state index in [1.165, 1.54) is 5.56 Å². The molecule has 1 unspecified atom stereocenters. The Hall–Kier alpha value is -1.43. The van der Waals surface area contributed by atoms with Gasteiger partial charge in [0, 0.05) is 23.9 Å². The molecule has 2 heterocycles. The minimum absolute atomic E-state index is 0.0396. The highest BCUT2D eigenvalue weighted by Gasteiger charge is 2.55. The van der Waals surface area contributed by atoms with Crippen LogP contribution in [0, 0.1) is 0 Å². The number of esters is 1. The van der Waals surface area contributed by atoms with Gasteiger partial charge in [-0.2, -0.15) is 0 Å². The minimum Gasteiger partial charge on any atom is -0.459 e. The number of carbonyl (C=O) groups is 1. The molecule has 1 atom stereocenters. The zero-order chi connectivity index (χ0) is 21.7. The zero-order valence-electron chi connectivity index (χ0n) is 19.3. The van der Waals surface area contributed by atoms with Gasteiger partial charge in [0.25, 0.3) is 0 Å². The van der Waals surface area contributed by atoms with Crippen LogP contribution in [0.4, 0.5) is 0 Å². The molecule has 1 aromatic carbocycles. The third-order valence-corrected chi connectivity index (χ3v) is 6.52. The maximum absolute atomic E-state index is 12.5. The van der Waals surface area contributed by atoms with Crippen molar-refractivity contribution in [3.63, 3.8) is 0 Å². The molecule has 1 aromatic rings. The normalized spacial score (nSPS) is 25.9. The fourth-order valence-corrected chi connectivity index (χ4v) is 4.68. The van der Waals surface area contributed by atoms with Crippen molar-refractivity contribution in [3.8, 4) is 0 Å². The van der Waals surface area contributed by atoms with E-state index in [2.05, 4.69) is 60.4 Å². The van der Waals surface area contributed by atoms with Gasteiger partial charge in [-0.05, 0) is 57.9 Å². The van der Waals surface area contributed by atoms with Crippen LogP contribution in [-0.2, 0) is 19.6 Å². The Bertz CT molecular complexity index is 727. The van der Waals surface area contributed by atoms with Gasteiger partial charge >= 0.3 is 5.97 Å². The number of piperidine rings is 1. The van der Waals surface area contributed by atoms with Crippen LogP contribution in [0.1, 0.15) is 77.2 Å². The summed E-state index contributed by atoms with van der Waals surface area (Å²) in [7, 11) is 2.16. The Balaban J connectivity index is 1.58. The second-order valence-corrected chi connectivity index (χ2v) is 10.9. The van der Waals surface area contributed by atoms with E-state index in [1.807, 2.05) is 24.3 Å². The van der Waals surface area contributed by atoms with Crippen LogP contribution in [0.5, 0.6) is 0 Å². The maximum atomic E-state index is 12.5. The number of nitrogens with zero attached hydrogens (tertiary/aromatic N) is 1. The van der Waals surface area contributed by atoms with Crippen molar-refractivity contribution in [3.05, 3.63) is 35.4 Å². The van der Waals surface area contributed by atoms with Crippen LogP contribution in [0.15, 0.2) is 24.3 Å². The molecule has 1 spiro atoms. The molecule has 0 saturated carbocycles. The quantitative estimate of drug-likeness (QED) is 0.694. The molecule has 0 amide bonds. The lowest BCUT2D eigenvalue weighted by molar-refractivity contribution is -0.243. The summed E-state index contributed by atoms with van der Waals surface area (Å²) in [4.78, 5) is 14.8. The van der Waals surface area contributed by atoms with Crippen LogP contribution >= 0.6 is 0 Å². The van der Waals surface area contributed by atoms with Crippen molar-refractivity contribution in [1.82, 2.24) is 4.90 Å². The molecule has 2 fully saturated rings. The number of hydrogen-bond acceptors (Lipinski definition) is 5. The lowest BCUT2D eigenvalue weighted by atomic mass is 9.76. The van der Waals surface area contributed by atoms with E-state index in [-0.39, 0.29) is 35.2 Å². The van der Waals surface area contributed by atoms with Crippen LogP contribution in [0.3, 0.4) is 0 Å². The molecule has 29 heavy (non-hydrogen) atoms. The van der Waals surface area contributed by atoms with Crippen molar-refractivity contribution in [2.24, 2.45) is 0 Å². The number of rotatable bonds is 3. The molecule has 2 aliphatic heterocycles. The highest BCUT2D eigenvalue weighted by Crippen LogP contribution is 2.47. The molecule has 0 bridgehead atoms. The molecule has 0 aliphatic carbocycles. The van der Waals surface area contributed by atoms with Crippen LogP contribution < -0.4 is 0 Å². The predicted molar refractivity (Wildman–Crippen MR) is 114 cm³/mol. The Kier molecular flexibility index (Phi) is 5.65. The van der Waals surface area contributed by atoms with Gasteiger partial charge < -0.3 is 14.2 Å². The Morgan fingerprint density at radius 2 is 1.66 bits per heavy atom. The van der Waals surface area contributed by atoms with Gasteiger partial charge in [0.15, 0.2) is 5.79 Å². The molecule has 2 aliphatic rings. The van der Waals surface area contributed by atoms with Gasteiger partial charge in [0.2, 0.25) is 0 Å². The standard InChI is InChI=1S/C24H37NO4/c1-21(2,3)18-11-9-17(10-12-18)20(26)27-13-19-14-28-24(29-19)15-22(4,5)25(8)23(6,7)16-24/h9-12,19H,13-16H2,1-8H3. The molecular formula is C24H37NO4. The van der Waals surface area contributed by atoms with Crippen LogP contribution in [-0.4, -0.2) is 54.1 Å². The van der Waals surface area contributed by atoms with E-state index in [9.17, 15) is 4.79 Å². The summed E-state index contributed by atoms with van der Waals surface area (Å²) in [5.74, 6) is -0.927. The molecule has 5 heteroatoms. The first-order valence-corrected chi connectivity index (χ1v) is 10.6. The number of hydrogen-bond donors (Lipinski definition) is 0. The molecule has 162 valence electrons. The lowest BCUT2D eigenvalue weighted by Gasteiger charge is -2.56. The first-order chi connectivity index (χ1) is 13.2. The van der Waals surface area contributed by atoms with E-state index >= 15 is 0 Å². The molecule has 2 saturated heterocycles. The van der Waals surface area contributed by atoms with Gasteiger partial charge in [-0.25, -0.2) is 4.79 Å². The zero-order valence-corrected chi connectivity index (χ0v) is 19.3. The summed E-state index contributed by atoms with van der Waals surface area (Å²) in [6, 6.07) is 7.64. The SMILES string of the molecule is CN1C(C)(C)CC2(CC1(C)C)OCC(COC(=O)c1ccc(C(C)(C)C)cc1)O2. The maximum Gasteiger partial charge on any atom is 0.338 e. The average molecular weight is 404 g/mol. The molecule has 5 nitrogen and oxygen atoms in total. The van der Waals surface area contributed by atoms with Crippen molar-refractivity contribution in [1.29, 1.82) is 0 Å². The average Bonchev–Trinajstić information content (AvgIpc) is 2.98. The smallest absolute Gasteiger partial charge is 0.338 e. The largest absolute Gasteiger partial charge is 0.459 e. The van der Waals surface area contributed by atoms with Crippen molar-refractivity contribution < 1.29 is 19.0 Å². The summed E-state index contributed by atoms with van der Waals surface area (Å²) in [5.41, 5.74) is 1.73. The van der Waals surface area contributed by atoms with Crippen molar-refractivity contribution in [2.45, 2.75) is 89.7 Å². The highest BCUT2D eigenvalue weighted by molar-refractivity contribution is 5.89. The highest BCUT2D eigenvalue weighted by atomic mass is 16.8. The van der Waals surface area contributed by atoms with Gasteiger partial charge in [0.1, 0.15) is 12.7 Å². The van der Waals surface area contributed by atoms with Crippen molar-refractivity contribution in [2.75, 3.05) is 20.3 Å². The molecule has 0 N–H and O–H groups in total. The van der Waals surface area contributed by atoms with E-state index < -0.39 is 5.79 Å². The third-order valence-electron chi connectivity index (χ3n) is 6.52. The summed E-state index contributed by atoms with van der Waals surface area (Å²) in [6.07, 6.45) is 1.35. The van der Waals surface area contributed by atoms with Crippen LogP contribution in [0.25, 0.3) is 0 Å². The number of likely N-dealkylation sites (tertiary alicyclic amines) is 1. The Morgan fingerprint density at radius 1 is 1.10 bits per heavy atom. The molecule has 0 radical (unpaired) electrons. The molecule has 0 aromatic heterocycles. The van der Waals surface area contributed by atoms with Gasteiger partial charge in [-0.1, -0.05) is 32.9 Å². The molecule has 3 rings (SSSR count). The van der Waals surface area contributed by atoms with Gasteiger partial charge in [-0.3, -0.25) is 4.90 Å². The van der Waals surface area contributed by atoms with Crippen molar-refractivity contribution >= 4 is 5.97 Å². The third kappa shape index (κ3) is 4.68. The minimum atomic E-state index is -0.606.